The SMILES string of the molecule is CCN(c1ccc(CBr)cn1)c1cccc2ccccc12. The first-order valence-electron chi connectivity index (χ1n) is 7.09. The molecule has 0 fully saturated rings. The van der Waals surface area contributed by atoms with E-state index in [9.17, 15) is 0 Å². The summed E-state index contributed by atoms with van der Waals surface area (Å²) in [6.45, 7) is 3.04. The Morgan fingerprint density at radius 3 is 2.52 bits per heavy atom. The highest BCUT2D eigenvalue weighted by Gasteiger charge is 2.11. The van der Waals surface area contributed by atoms with Crippen molar-refractivity contribution in [1.29, 1.82) is 0 Å². The van der Waals surface area contributed by atoms with Crippen LogP contribution >= 0.6 is 15.9 Å². The minimum absolute atomic E-state index is 0.834. The van der Waals surface area contributed by atoms with Crippen LogP contribution in [0.4, 0.5) is 11.5 Å². The summed E-state index contributed by atoms with van der Waals surface area (Å²) in [5, 5.41) is 3.35. The first-order valence-corrected chi connectivity index (χ1v) is 8.22. The topological polar surface area (TPSA) is 16.1 Å². The van der Waals surface area contributed by atoms with Crippen molar-refractivity contribution < 1.29 is 0 Å². The molecular weight excluding hydrogens is 324 g/mol. The van der Waals surface area contributed by atoms with E-state index < -0.39 is 0 Å². The standard InChI is InChI=1S/C18H17BrN2/c1-2-21(18-11-10-14(12-19)13-20-18)17-9-5-7-15-6-3-4-8-16(15)17/h3-11,13H,2,12H2,1H3. The van der Waals surface area contributed by atoms with Crippen LogP contribution in [-0.2, 0) is 5.33 Å². The van der Waals surface area contributed by atoms with Gasteiger partial charge in [0, 0.05) is 23.5 Å². The summed E-state index contributed by atoms with van der Waals surface area (Å²) in [6, 6.07) is 19.1. The van der Waals surface area contributed by atoms with Crippen molar-refractivity contribution in [3.8, 4) is 0 Å². The summed E-state index contributed by atoms with van der Waals surface area (Å²) in [4.78, 5) is 6.85. The average Bonchev–Trinajstić information content (AvgIpc) is 2.56. The predicted octanol–water partition coefficient (Wildman–Crippen LogP) is 5.29. The third-order valence-corrected chi connectivity index (χ3v) is 4.26. The highest BCUT2D eigenvalue weighted by molar-refractivity contribution is 9.08. The zero-order valence-corrected chi connectivity index (χ0v) is 13.5. The second-order valence-corrected chi connectivity index (χ2v) is 5.46. The van der Waals surface area contributed by atoms with E-state index in [1.54, 1.807) is 0 Å². The number of aromatic nitrogens is 1. The lowest BCUT2D eigenvalue weighted by Gasteiger charge is -2.24. The van der Waals surface area contributed by atoms with E-state index >= 15 is 0 Å². The zero-order valence-electron chi connectivity index (χ0n) is 12.0. The molecule has 0 bridgehead atoms. The van der Waals surface area contributed by atoms with Gasteiger partial charge in [0.25, 0.3) is 0 Å². The number of fused-ring (bicyclic) bond motifs is 1. The summed E-state index contributed by atoms with van der Waals surface area (Å²) in [7, 11) is 0. The number of hydrogen-bond donors (Lipinski definition) is 0. The Balaban J connectivity index is 2.09. The van der Waals surface area contributed by atoms with Crippen molar-refractivity contribution in [2.45, 2.75) is 12.3 Å². The number of pyridine rings is 1. The first kappa shape index (κ1) is 14.1. The number of rotatable bonds is 4. The van der Waals surface area contributed by atoms with Crippen LogP contribution < -0.4 is 4.90 Å². The summed E-state index contributed by atoms with van der Waals surface area (Å²) in [5.41, 5.74) is 2.39. The molecule has 3 aromatic rings. The molecule has 0 aliphatic rings. The maximum Gasteiger partial charge on any atom is 0.132 e. The fourth-order valence-corrected chi connectivity index (χ4v) is 2.89. The Hall–Kier alpha value is -1.87. The molecule has 3 rings (SSSR count). The highest BCUT2D eigenvalue weighted by Crippen LogP contribution is 2.31. The number of alkyl halides is 1. The molecule has 0 amide bonds. The van der Waals surface area contributed by atoms with E-state index in [0.29, 0.717) is 0 Å². The first-order chi connectivity index (χ1) is 10.3. The molecule has 0 spiro atoms. The van der Waals surface area contributed by atoms with Crippen LogP contribution in [0.2, 0.25) is 0 Å². The third-order valence-electron chi connectivity index (χ3n) is 3.61. The second kappa shape index (κ2) is 6.27. The van der Waals surface area contributed by atoms with Crippen LogP contribution in [0.3, 0.4) is 0 Å². The molecule has 1 aromatic heterocycles. The minimum Gasteiger partial charge on any atom is -0.326 e. The smallest absolute Gasteiger partial charge is 0.132 e. The van der Waals surface area contributed by atoms with Crippen molar-refractivity contribution in [2.24, 2.45) is 0 Å². The van der Waals surface area contributed by atoms with Crippen molar-refractivity contribution in [1.82, 2.24) is 4.98 Å². The zero-order chi connectivity index (χ0) is 14.7. The molecule has 0 saturated carbocycles. The molecule has 0 atom stereocenters. The van der Waals surface area contributed by atoms with Gasteiger partial charge >= 0.3 is 0 Å². The van der Waals surface area contributed by atoms with Crippen LogP contribution in [0.25, 0.3) is 10.8 Å². The Labute approximate surface area is 133 Å². The van der Waals surface area contributed by atoms with Crippen molar-refractivity contribution in [3.05, 3.63) is 66.4 Å². The molecule has 0 unspecified atom stereocenters. The van der Waals surface area contributed by atoms with Gasteiger partial charge in [0.2, 0.25) is 0 Å². The van der Waals surface area contributed by atoms with Gasteiger partial charge in [0.15, 0.2) is 0 Å². The molecule has 106 valence electrons. The van der Waals surface area contributed by atoms with Crippen molar-refractivity contribution in [2.75, 3.05) is 11.4 Å². The van der Waals surface area contributed by atoms with E-state index in [0.717, 1.165) is 17.7 Å². The molecular formula is C18H17BrN2. The average molecular weight is 341 g/mol. The number of benzene rings is 2. The maximum absolute atomic E-state index is 4.60. The molecule has 0 radical (unpaired) electrons. The van der Waals surface area contributed by atoms with E-state index in [1.165, 1.54) is 22.0 Å². The van der Waals surface area contributed by atoms with Crippen molar-refractivity contribution >= 4 is 38.2 Å². The number of anilines is 2. The predicted molar refractivity (Wildman–Crippen MR) is 93.5 cm³/mol. The number of halogens is 1. The van der Waals surface area contributed by atoms with Gasteiger partial charge in [-0.25, -0.2) is 4.98 Å². The van der Waals surface area contributed by atoms with Crippen LogP contribution in [0, 0.1) is 0 Å². The van der Waals surface area contributed by atoms with Gasteiger partial charge in [-0.3, -0.25) is 0 Å². The number of hydrogen-bond acceptors (Lipinski definition) is 2. The van der Waals surface area contributed by atoms with Gasteiger partial charge in [0.05, 0.1) is 5.69 Å². The highest BCUT2D eigenvalue weighted by atomic mass is 79.9. The molecule has 0 aliphatic heterocycles. The summed E-state index contributed by atoms with van der Waals surface area (Å²) in [5.74, 6) is 0.985. The fourth-order valence-electron chi connectivity index (χ4n) is 2.55. The quantitative estimate of drug-likeness (QED) is 0.600. The van der Waals surface area contributed by atoms with E-state index in [-0.39, 0.29) is 0 Å². The molecule has 3 heteroatoms. The van der Waals surface area contributed by atoms with E-state index in [2.05, 4.69) is 87.3 Å². The number of nitrogens with zero attached hydrogens (tertiary/aromatic N) is 2. The molecule has 1 heterocycles. The summed E-state index contributed by atoms with van der Waals surface area (Å²) in [6.07, 6.45) is 1.93. The van der Waals surface area contributed by atoms with Crippen molar-refractivity contribution in [3.63, 3.8) is 0 Å². The summed E-state index contributed by atoms with van der Waals surface area (Å²) >= 11 is 3.46. The van der Waals surface area contributed by atoms with Crippen LogP contribution in [0.15, 0.2) is 60.8 Å². The maximum atomic E-state index is 4.60. The van der Waals surface area contributed by atoms with Gasteiger partial charge in [-0.1, -0.05) is 58.4 Å². The van der Waals surface area contributed by atoms with Gasteiger partial charge in [-0.15, -0.1) is 0 Å². The lowest BCUT2D eigenvalue weighted by molar-refractivity contribution is 0.991. The molecule has 2 nitrogen and oxygen atoms in total. The third kappa shape index (κ3) is 2.79. The van der Waals surface area contributed by atoms with Gasteiger partial charge in [0.1, 0.15) is 5.82 Å². The molecule has 2 aromatic carbocycles. The Morgan fingerprint density at radius 2 is 1.81 bits per heavy atom. The van der Waals surface area contributed by atoms with Crippen LogP contribution in [0.5, 0.6) is 0 Å². The fraction of sp³-hybridized carbons (Fsp3) is 0.167. The lowest BCUT2D eigenvalue weighted by Crippen LogP contribution is -2.17. The Bertz CT molecular complexity index is 732. The molecule has 21 heavy (non-hydrogen) atoms. The van der Waals surface area contributed by atoms with E-state index in [4.69, 9.17) is 0 Å². The second-order valence-electron chi connectivity index (χ2n) is 4.90. The Kier molecular flexibility index (Phi) is 4.20. The van der Waals surface area contributed by atoms with Crippen LogP contribution in [-0.4, -0.2) is 11.5 Å². The molecule has 0 saturated heterocycles. The minimum atomic E-state index is 0.834. The monoisotopic (exact) mass is 340 g/mol. The summed E-state index contributed by atoms with van der Waals surface area (Å²) < 4.78 is 0. The lowest BCUT2D eigenvalue weighted by atomic mass is 10.1. The van der Waals surface area contributed by atoms with Crippen LogP contribution in [0.1, 0.15) is 12.5 Å². The molecule has 0 N–H and O–H groups in total. The largest absolute Gasteiger partial charge is 0.326 e. The molecule has 0 aliphatic carbocycles. The Morgan fingerprint density at radius 1 is 1.00 bits per heavy atom. The van der Waals surface area contributed by atoms with Gasteiger partial charge in [-0.05, 0) is 30.0 Å². The van der Waals surface area contributed by atoms with E-state index in [1.807, 2.05) is 6.20 Å². The normalized spacial score (nSPS) is 10.8. The van der Waals surface area contributed by atoms with Gasteiger partial charge < -0.3 is 4.90 Å². The van der Waals surface area contributed by atoms with Gasteiger partial charge in [-0.2, -0.15) is 0 Å².